The number of nitrogens with zero attached hydrogens (tertiary/aromatic N) is 2. The molecule has 196 valence electrons. The molecule has 4 N–H and O–H groups in total. The van der Waals surface area contributed by atoms with Gasteiger partial charge in [-0.2, -0.15) is 4.31 Å². The lowest BCUT2D eigenvalue weighted by atomic mass is 9.86. The summed E-state index contributed by atoms with van der Waals surface area (Å²) in [6, 6.07) is 18.4. The van der Waals surface area contributed by atoms with Crippen LogP contribution in [0.25, 0.3) is 0 Å². The van der Waals surface area contributed by atoms with E-state index < -0.39 is 21.9 Å². The van der Waals surface area contributed by atoms with E-state index in [0.29, 0.717) is 30.2 Å². The number of carboxylic acids is 1. The van der Waals surface area contributed by atoms with Crippen LogP contribution < -0.4 is 16.0 Å². The quantitative estimate of drug-likeness (QED) is 0.379. The maximum atomic E-state index is 13.7. The number of hydrogen-bond donors (Lipinski definition) is 3. The zero-order chi connectivity index (χ0) is 26.7. The van der Waals surface area contributed by atoms with Gasteiger partial charge in [0.25, 0.3) is 0 Å². The molecule has 0 radical (unpaired) electrons. The number of nitrogens with one attached hydrogen (secondary N) is 1. The predicted octanol–water partition coefficient (Wildman–Crippen LogP) is 4.26. The van der Waals surface area contributed by atoms with Crippen LogP contribution in [0.15, 0.2) is 65.6 Å². The molecule has 0 spiro atoms. The Kier molecular flexibility index (Phi) is 7.75. The van der Waals surface area contributed by atoms with Crippen molar-refractivity contribution in [3.8, 4) is 0 Å². The number of fused-ring (bicyclic) bond motifs is 1. The second-order valence-electron chi connectivity index (χ2n) is 9.32. The first-order valence-corrected chi connectivity index (χ1v) is 13.8. The largest absolute Gasteiger partial charge is 0.481 e. The Hall–Kier alpha value is -3.56. The summed E-state index contributed by atoms with van der Waals surface area (Å²) < 4.78 is 28.9. The number of rotatable bonds is 8. The van der Waals surface area contributed by atoms with E-state index in [4.69, 9.17) is 5.73 Å². The number of carbonyl (C=O) groups is 1. The third kappa shape index (κ3) is 5.42. The van der Waals surface area contributed by atoms with Crippen molar-refractivity contribution < 1.29 is 18.3 Å². The fourth-order valence-corrected chi connectivity index (χ4v) is 6.56. The Bertz CT molecular complexity index is 1410. The van der Waals surface area contributed by atoms with E-state index in [9.17, 15) is 18.3 Å². The maximum Gasteiger partial charge on any atom is 0.304 e. The number of likely N-dealkylation sites (N-methyl/N-ethyl adjacent to an activating group) is 1. The summed E-state index contributed by atoms with van der Waals surface area (Å²) in [4.78, 5) is 14.2. The van der Waals surface area contributed by atoms with Gasteiger partial charge in [0.2, 0.25) is 10.0 Å². The van der Waals surface area contributed by atoms with Crippen LogP contribution in [0.5, 0.6) is 0 Å². The number of nitrogen functional groups attached to an aromatic ring is 1. The lowest BCUT2D eigenvalue weighted by Gasteiger charge is -2.23. The number of sulfonamides is 1. The van der Waals surface area contributed by atoms with Crippen molar-refractivity contribution in [2.24, 2.45) is 0 Å². The molecular weight excluding hydrogens is 488 g/mol. The van der Waals surface area contributed by atoms with Crippen LogP contribution >= 0.6 is 0 Å². The van der Waals surface area contributed by atoms with E-state index in [1.54, 1.807) is 25.2 Å². The fourth-order valence-electron chi connectivity index (χ4n) is 4.94. The highest BCUT2D eigenvalue weighted by Crippen LogP contribution is 2.35. The molecule has 0 aliphatic carbocycles. The van der Waals surface area contributed by atoms with Gasteiger partial charge in [0.1, 0.15) is 4.90 Å². The normalized spacial score (nSPS) is 16.0. The van der Waals surface area contributed by atoms with Gasteiger partial charge in [0, 0.05) is 39.1 Å². The van der Waals surface area contributed by atoms with Crippen LogP contribution in [0, 0.1) is 6.92 Å². The van der Waals surface area contributed by atoms with Gasteiger partial charge in [-0.05, 0) is 60.4 Å². The first-order valence-electron chi connectivity index (χ1n) is 12.4. The lowest BCUT2D eigenvalue weighted by Crippen LogP contribution is -2.34. The molecule has 0 fully saturated rings. The first-order chi connectivity index (χ1) is 17.6. The van der Waals surface area contributed by atoms with Crippen LogP contribution in [0.1, 0.15) is 41.5 Å². The van der Waals surface area contributed by atoms with Crippen molar-refractivity contribution in [2.45, 2.75) is 37.6 Å². The van der Waals surface area contributed by atoms with E-state index >= 15 is 0 Å². The van der Waals surface area contributed by atoms with Gasteiger partial charge in [-0.25, -0.2) is 8.42 Å². The van der Waals surface area contributed by atoms with Gasteiger partial charge < -0.3 is 21.1 Å². The standard InChI is InChI=1S/C28H34N4O4S/c1-4-31-13-14-32(37(35,36)27-8-6-5-7-26(27)31)18-22-15-20(10-9-19(22)2)23(17-28(33)34)21-11-12-25(30-3)24(29)16-21/h5-12,15-16,23,30H,4,13-14,17-18,29H2,1-3H3,(H,33,34). The van der Waals surface area contributed by atoms with Crippen molar-refractivity contribution in [3.05, 3.63) is 82.9 Å². The van der Waals surface area contributed by atoms with Crippen molar-refractivity contribution >= 4 is 33.1 Å². The molecule has 0 bridgehead atoms. The molecule has 4 rings (SSSR count). The summed E-state index contributed by atoms with van der Waals surface area (Å²) in [6.45, 7) is 5.82. The number of carboxylic acid groups (broad SMARTS) is 1. The lowest BCUT2D eigenvalue weighted by molar-refractivity contribution is -0.137. The number of para-hydroxylation sites is 1. The predicted molar refractivity (Wildman–Crippen MR) is 148 cm³/mol. The van der Waals surface area contributed by atoms with Crippen molar-refractivity contribution in [1.29, 1.82) is 0 Å². The van der Waals surface area contributed by atoms with E-state index in [1.165, 1.54) is 4.31 Å². The van der Waals surface area contributed by atoms with Gasteiger partial charge in [0.15, 0.2) is 0 Å². The molecule has 9 heteroatoms. The zero-order valence-corrected chi connectivity index (χ0v) is 22.3. The number of aryl methyl sites for hydroxylation is 1. The minimum atomic E-state index is -3.72. The molecule has 37 heavy (non-hydrogen) atoms. The van der Waals surface area contributed by atoms with Gasteiger partial charge in [-0.3, -0.25) is 4.79 Å². The van der Waals surface area contributed by atoms with Crippen LogP contribution in [-0.4, -0.2) is 50.5 Å². The monoisotopic (exact) mass is 522 g/mol. The molecule has 1 heterocycles. The summed E-state index contributed by atoms with van der Waals surface area (Å²) in [7, 11) is -1.94. The molecule has 1 unspecified atom stereocenters. The van der Waals surface area contributed by atoms with E-state index in [0.717, 1.165) is 33.6 Å². The van der Waals surface area contributed by atoms with Gasteiger partial charge in [-0.15, -0.1) is 0 Å². The zero-order valence-electron chi connectivity index (χ0n) is 21.4. The summed E-state index contributed by atoms with van der Waals surface area (Å²) in [6.07, 6.45) is -0.109. The Morgan fingerprint density at radius 1 is 1.08 bits per heavy atom. The topological polar surface area (TPSA) is 116 Å². The third-order valence-electron chi connectivity index (χ3n) is 7.07. The van der Waals surface area contributed by atoms with E-state index in [-0.39, 0.29) is 13.0 Å². The number of nitrogens with two attached hydrogens (primary N) is 1. The molecule has 0 saturated carbocycles. The van der Waals surface area contributed by atoms with Crippen LogP contribution in [0.4, 0.5) is 17.1 Å². The van der Waals surface area contributed by atoms with Gasteiger partial charge in [-0.1, -0.05) is 36.4 Å². The average molecular weight is 523 g/mol. The molecule has 0 aromatic heterocycles. The van der Waals surface area contributed by atoms with Crippen LogP contribution in [0.2, 0.25) is 0 Å². The molecular formula is C28H34N4O4S. The SMILES string of the molecule is CCN1CCN(Cc2cc(C(CC(=O)O)c3ccc(NC)c(N)c3)ccc2C)S(=O)(=O)c2ccccc21. The smallest absolute Gasteiger partial charge is 0.304 e. The maximum absolute atomic E-state index is 13.7. The highest BCUT2D eigenvalue weighted by atomic mass is 32.2. The number of aliphatic carboxylic acids is 1. The Balaban J connectivity index is 1.72. The Labute approximate surface area is 218 Å². The molecule has 1 aliphatic rings. The van der Waals surface area contributed by atoms with Gasteiger partial charge in [0.05, 0.1) is 23.5 Å². The first kappa shape index (κ1) is 26.5. The van der Waals surface area contributed by atoms with E-state index in [2.05, 4.69) is 10.2 Å². The second-order valence-corrected chi connectivity index (χ2v) is 11.2. The van der Waals surface area contributed by atoms with Crippen molar-refractivity contribution in [1.82, 2.24) is 4.31 Å². The molecule has 1 atom stereocenters. The molecule has 3 aromatic carbocycles. The van der Waals surface area contributed by atoms with E-state index in [1.807, 2.05) is 56.3 Å². The Morgan fingerprint density at radius 2 is 1.78 bits per heavy atom. The minimum Gasteiger partial charge on any atom is -0.481 e. The van der Waals surface area contributed by atoms with Crippen molar-refractivity contribution in [2.75, 3.05) is 42.6 Å². The summed E-state index contributed by atoms with van der Waals surface area (Å²) in [5, 5.41) is 12.7. The Morgan fingerprint density at radius 3 is 2.46 bits per heavy atom. The summed E-state index contributed by atoms with van der Waals surface area (Å²) >= 11 is 0. The molecule has 0 amide bonds. The van der Waals surface area contributed by atoms with Crippen LogP contribution in [0.3, 0.4) is 0 Å². The molecule has 8 nitrogen and oxygen atoms in total. The summed E-state index contributed by atoms with van der Waals surface area (Å²) in [5.41, 5.74) is 11.6. The highest BCUT2D eigenvalue weighted by Gasteiger charge is 2.32. The number of hydrogen-bond acceptors (Lipinski definition) is 6. The molecule has 3 aromatic rings. The number of anilines is 3. The van der Waals surface area contributed by atoms with Crippen molar-refractivity contribution in [3.63, 3.8) is 0 Å². The fraction of sp³-hybridized carbons (Fsp3) is 0.321. The van der Waals surface area contributed by atoms with Gasteiger partial charge >= 0.3 is 5.97 Å². The van der Waals surface area contributed by atoms with Crippen LogP contribution in [-0.2, 0) is 21.4 Å². The second kappa shape index (κ2) is 10.8. The highest BCUT2D eigenvalue weighted by molar-refractivity contribution is 7.89. The minimum absolute atomic E-state index is 0.109. The summed E-state index contributed by atoms with van der Waals surface area (Å²) in [5.74, 6) is -1.35. The third-order valence-corrected chi connectivity index (χ3v) is 8.97. The average Bonchev–Trinajstić information content (AvgIpc) is 2.98. The molecule has 1 aliphatic heterocycles. The number of benzene rings is 3. The molecule has 0 saturated heterocycles.